The predicted molar refractivity (Wildman–Crippen MR) is 120 cm³/mol. The molecule has 6 nitrogen and oxygen atoms in total. The lowest BCUT2D eigenvalue weighted by molar-refractivity contribution is 0.0736. The molecule has 0 saturated carbocycles. The molecule has 3 heterocycles. The molecule has 158 valence electrons. The van der Waals surface area contributed by atoms with Gasteiger partial charge in [0.05, 0.1) is 12.8 Å². The van der Waals surface area contributed by atoms with Gasteiger partial charge in [-0.25, -0.2) is 4.98 Å². The Kier molecular flexibility index (Phi) is 6.26. The monoisotopic (exact) mass is 414 g/mol. The maximum absolute atomic E-state index is 13.8. The molecule has 0 saturated heterocycles. The van der Waals surface area contributed by atoms with Gasteiger partial charge in [0.2, 0.25) is 0 Å². The minimum absolute atomic E-state index is 0.0441. The normalized spacial score (nSPS) is 10.9. The van der Waals surface area contributed by atoms with E-state index in [2.05, 4.69) is 4.98 Å². The van der Waals surface area contributed by atoms with Gasteiger partial charge in [0.25, 0.3) is 5.91 Å². The minimum Gasteiger partial charge on any atom is -0.493 e. The number of hydrogen-bond donors (Lipinski definition) is 0. The van der Waals surface area contributed by atoms with Crippen LogP contribution in [-0.2, 0) is 19.4 Å². The topological polar surface area (TPSA) is 59.7 Å². The Morgan fingerprint density at radius 1 is 1.06 bits per heavy atom. The van der Waals surface area contributed by atoms with Gasteiger partial charge in [-0.2, -0.15) is 0 Å². The number of amides is 1. The van der Waals surface area contributed by atoms with E-state index >= 15 is 0 Å². The van der Waals surface area contributed by atoms with Crippen molar-refractivity contribution < 1.29 is 9.53 Å². The van der Waals surface area contributed by atoms with Gasteiger partial charge in [-0.05, 0) is 36.2 Å². The van der Waals surface area contributed by atoms with Crippen molar-refractivity contribution in [2.45, 2.75) is 26.3 Å². The van der Waals surface area contributed by atoms with E-state index in [-0.39, 0.29) is 5.91 Å². The van der Waals surface area contributed by atoms with Crippen LogP contribution in [-0.4, -0.2) is 38.8 Å². The Balaban J connectivity index is 1.71. The molecule has 1 aromatic carbocycles. The molecule has 0 spiro atoms. The van der Waals surface area contributed by atoms with E-state index in [0.29, 0.717) is 43.0 Å². The third kappa shape index (κ3) is 4.43. The Morgan fingerprint density at radius 3 is 2.58 bits per heavy atom. The average molecular weight is 415 g/mol. The fourth-order valence-corrected chi connectivity index (χ4v) is 3.72. The van der Waals surface area contributed by atoms with Crippen LogP contribution in [0.15, 0.2) is 73.1 Å². The first-order chi connectivity index (χ1) is 15.2. The Bertz CT molecular complexity index is 1160. The summed E-state index contributed by atoms with van der Waals surface area (Å²) in [5.41, 5.74) is 4.07. The summed E-state index contributed by atoms with van der Waals surface area (Å²) in [5.74, 6) is 0.608. The van der Waals surface area contributed by atoms with E-state index in [1.807, 2.05) is 83.1 Å². The first kappa shape index (κ1) is 20.6. The van der Waals surface area contributed by atoms with E-state index in [0.717, 1.165) is 17.0 Å². The summed E-state index contributed by atoms with van der Waals surface area (Å²) in [4.78, 5) is 24.8. The number of imidazole rings is 1. The molecule has 0 bridgehead atoms. The zero-order chi connectivity index (χ0) is 21.6. The number of ether oxygens (including phenoxy) is 1. The number of aromatic nitrogens is 3. The molecule has 0 atom stereocenters. The third-order valence-corrected chi connectivity index (χ3v) is 5.31. The summed E-state index contributed by atoms with van der Waals surface area (Å²) in [6.45, 7) is 3.10. The van der Waals surface area contributed by atoms with E-state index < -0.39 is 0 Å². The highest BCUT2D eigenvalue weighted by Gasteiger charge is 2.25. The number of rotatable bonds is 8. The Morgan fingerprint density at radius 2 is 1.87 bits per heavy atom. The van der Waals surface area contributed by atoms with Gasteiger partial charge < -0.3 is 9.64 Å². The van der Waals surface area contributed by atoms with E-state index in [4.69, 9.17) is 9.72 Å². The van der Waals surface area contributed by atoms with Gasteiger partial charge in [0, 0.05) is 37.6 Å². The van der Waals surface area contributed by atoms with Crippen LogP contribution in [0.4, 0.5) is 0 Å². The van der Waals surface area contributed by atoms with Crippen LogP contribution in [0.1, 0.15) is 34.4 Å². The molecule has 3 aromatic heterocycles. The molecule has 6 heteroatoms. The predicted octanol–water partition coefficient (Wildman–Crippen LogP) is 4.19. The Labute approximate surface area is 182 Å². The molecule has 0 fully saturated rings. The van der Waals surface area contributed by atoms with Gasteiger partial charge in [-0.15, -0.1) is 0 Å². The van der Waals surface area contributed by atoms with Gasteiger partial charge in [0.15, 0.2) is 11.4 Å². The van der Waals surface area contributed by atoms with Crippen LogP contribution < -0.4 is 4.74 Å². The maximum Gasteiger partial charge on any atom is 0.273 e. The lowest BCUT2D eigenvalue weighted by atomic mass is 10.1. The number of methoxy groups -OCH3 is 1. The first-order valence-electron chi connectivity index (χ1n) is 10.5. The summed E-state index contributed by atoms with van der Waals surface area (Å²) >= 11 is 0. The summed E-state index contributed by atoms with van der Waals surface area (Å²) in [5, 5.41) is 0. The molecule has 31 heavy (non-hydrogen) atoms. The second-order valence-electron chi connectivity index (χ2n) is 7.31. The van der Waals surface area contributed by atoms with Gasteiger partial charge >= 0.3 is 0 Å². The third-order valence-electron chi connectivity index (χ3n) is 5.31. The fourth-order valence-electron chi connectivity index (χ4n) is 3.72. The zero-order valence-electron chi connectivity index (χ0n) is 17.9. The second-order valence-corrected chi connectivity index (χ2v) is 7.31. The van der Waals surface area contributed by atoms with Crippen LogP contribution in [0.2, 0.25) is 0 Å². The van der Waals surface area contributed by atoms with Crippen molar-refractivity contribution in [3.8, 4) is 5.75 Å². The molecule has 0 aliphatic carbocycles. The maximum atomic E-state index is 13.8. The molecule has 4 rings (SSSR count). The number of nitrogens with zero attached hydrogens (tertiary/aromatic N) is 4. The lowest BCUT2D eigenvalue weighted by Gasteiger charge is -2.23. The zero-order valence-corrected chi connectivity index (χ0v) is 17.9. The molecule has 0 aliphatic rings. The van der Waals surface area contributed by atoms with Crippen LogP contribution in [0.3, 0.4) is 0 Å². The van der Waals surface area contributed by atoms with Crippen molar-refractivity contribution in [3.63, 3.8) is 0 Å². The van der Waals surface area contributed by atoms with Gasteiger partial charge in [0.1, 0.15) is 5.69 Å². The molecule has 0 N–H and O–H groups in total. The molecule has 0 unspecified atom stereocenters. The number of aryl methyl sites for hydroxylation is 1. The Hall–Kier alpha value is -3.67. The summed E-state index contributed by atoms with van der Waals surface area (Å²) in [7, 11) is 1.62. The largest absolute Gasteiger partial charge is 0.493 e. The van der Waals surface area contributed by atoms with Crippen molar-refractivity contribution in [3.05, 3.63) is 95.7 Å². The summed E-state index contributed by atoms with van der Waals surface area (Å²) in [6, 6.07) is 19.6. The SMILES string of the molecule is CCc1nc2c(OC)cccn2c1C(=O)N(CCc1ccccn1)Cc1ccccc1. The number of hydrogen-bond acceptors (Lipinski definition) is 4. The highest BCUT2D eigenvalue weighted by molar-refractivity contribution is 5.95. The van der Waals surface area contributed by atoms with Gasteiger partial charge in [-0.1, -0.05) is 43.3 Å². The molecule has 0 aliphatic heterocycles. The molecule has 0 radical (unpaired) electrons. The van der Waals surface area contributed by atoms with Crippen molar-refractivity contribution in [2.75, 3.05) is 13.7 Å². The van der Waals surface area contributed by atoms with E-state index in [1.165, 1.54) is 0 Å². The number of benzene rings is 1. The first-order valence-corrected chi connectivity index (χ1v) is 10.5. The van der Waals surface area contributed by atoms with Crippen LogP contribution in [0.5, 0.6) is 5.75 Å². The number of carbonyl (C=O) groups excluding carboxylic acids is 1. The smallest absolute Gasteiger partial charge is 0.273 e. The van der Waals surface area contributed by atoms with Crippen LogP contribution in [0, 0.1) is 0 Å². The summed E-state index contributed by atoms with van der Waals surface area (Å²) in [6.07, 6.45) is 4.99. The highest BCUT2D eigenvalue weighted by Crippen LogP contribution is 2.24. The number of pyridine rings is 2. The van der Waals surface area contributed by atoms with Crippen LogP contribution >= 0.6 is 0 Å². The van der Waals surface area contributed by atoms with Crippen LogP contribution in [0.25, 0.3) is 5.65 Å². The standard InChI is InChI=1S/C25H26N4O2/c1-3-21-23(29-16-9-13-22(31-2)24(29)27-21)25(30)28(18-19-10-5-4-6-11-19)17-14-20-12-7-8-15-26-20/h4-13,15-16H,3,14,17-18H2,1-2H3. The molecule has 1 amide bonds. The van der Waals surface area contributed by atoms with E-state index in [9.17, 15) is 4.79 Å². The molecular weight excluding hydrogens is 388 g/mol. The summed E-state index contributed by atoms with van der Waals surface area (Å²) < 4.78 is 7.31. The lowest BCUT2D eigenvalue weighted by Crippen LogP contribution is -2.34. The van der Waals surface area contributed by atoms with Crippen molar-refractivity contribution in [1.82, 2.24) is 19.3 Å². The second kappa shape index (κ2) is 9.43. The quantitative estimate of drug-likeness (QED) is 0.434. The van der Waals surface area contributed by atoms with Crippen molar-refractivity contribution in [1.29, 1.82) is 0 Å². The minimum atomic E-state index is -0.0441. The van der Waals surface area contributed by atoms with E-state index in [1.54, 1.807) is 13.3 Å². The fraction of sp³-hybridized carbons (Fsp3) is 0.240. The van der Waals surface area contributed by atoms with Crippen molar-refractivity contribution in [2.24, 2.45) is 0 Å². The highest BCUT2D eigenvalue weighted by atomic mass is 16.5. The molecule has 4 aromatic rings. The van der Waals surface area contributed by atoms with Gasteiger partial charge in [-0.3, -0.25) is 14.2 Å². The number of fused-ring (bicyclic) bond motifs is 1. The number of carbonyl (C=O) groups is 1. The average Bonchev–Trinajstić information content (AvgIpc) is 3.21. The van der Waals surface area contributed by atoms with Crippen molar-refractivity contribution >= 4 is 11.6 Å². The molecular formula is C25H26N4O2.